The van der Waals surface area contributed by atoms with Gasteiger partial charge in [0.1, 0.15) is 4.90 Å². The first-order valence-corrected chi connectivity index (χ1v) is 7.62. The number of benzene rings is 1. The Balaban J connectivity index is 2.34. The van der Waals surface area contributed by atoms with Crippen molar-refractivity contribution in [3.05, 3.63) is 42.2 Å². The summed E-state index contributed by atoms with van der Waals surface area (Å²) in [6, 6.07) is 6.61. The van der Waals surface area contributed by atoms with Gasteiger partial charge in [-0.2, -0.15) is 5.10 Å². The molecule has 2 aromatic rings. The maximum Gasteiger partial charge on any atom is 0.209 e. The molecule has 0 fully saturated rings. The Morgan fingerprint density at radius 3 is 2.47 bits per heavy atom. The fourth-order valence-corrected chi connectivity index (χ4v) is 2.99. The molecule has 6 heteroatoms. The molecule has 1 aromatic carbocycles. The summed E-state index contributed by atoms with van der Waals surface area (Å²) in [4.78, 5) is 0.488. The van der Waals surface area contributed by atoms with Crippen LogP contribution in [0.1, 0.15) is 18.9 Å². The third-order valence-electron chi connectivity index (χ3n) is 2.84. The molecule has 5 nitrogen and oxygen atoms in total. The minimum atomic E-state index is -3.49. The molecule has 0 amide bonds. The lowest BCUT2D eigenvalue weighted by Gasteiger charge is -2.03. The molecule has 0 saturated carbocycles. The molecule has 0 unspecified atom stereocenters. The van der Waals surface area contributed by atoms with Crippen LogP contribution in [0.5, 0.6) is 0 Å². The van der Waals surface area contributed by atoms with E-state index in [1.807, 2.05) is 6.92 Å². The summed E-state index contributed by atoms with van der Waals surface area (Å²) in [6.07, 6.45) is 3.86. The van der Waals surface area contributed by atoms with Gasteiger partial charge in [0.25, 0.3) is 0 Å². The number of aromatic nitrogens is 2. The number of hydrogen-bond donors (Lipinski definition) is 1. The second-order valence-electron chi connectivity index (χ2n) is 4.29. The normalized spacial score (nSPS) is 11.7. The van der Waals surface area contributed by atoms with Crippen molar-refractivity contribution < 1.29 is 8.42 Å². The minimum absolute atomic E-state index is 0.224. The molecule has 0 spiro atoms. The fraction of sp³-hybridized carbons (Fsp3) is 0.308. The van der Waals surface area contributed by atoms with Crippen LogP contribution < -0.4 is 5.73 Å². The number of aryl methyl sites for hydroxylation is 1. The maximum absolute atomic E-state index is 12.4. The van der Waals surface area contributed by atoms with Gasteiger partial charge in [-0.3, -0.25) is 4.68 Å². The van der Waals surface area contributed by atoms with Crippen LogP contribution in [0.2, 0.25) is 0 Å². The van der Waals surface area contributed by atoms with E-state index in [0.717, 1.165) is 12.0 Å². The summed E-state index contributed by atoms with van der Waals surface area (Å²) >= 11 is 0. The number of hydrogen-bond acceptors (Lipinski definition) is 4. The summed E-state index contributed by atoms with van der Waals surface area (Å²) in [5.74, 6) is 0. The Hall–Kier alpha value is -1.66. The van der Waals surface area contributed by atoms with E-state index in [4.69, 9.17) is 5.73 Å². The quantitative estimate of drug-likeness (QED) is 0.901. The van der Waals surface area contributed by atoms with Crippen LogP contribution in [0.25, 0.3) is 0 Å². The molecule has 0 radical (unpaired) electrons. The van der Waals surface area contributed by atoms with Crippen molar-refractivity contribution in [3.63, 3.8) is 0 Å². The second-order valence-corrected chi connectivity index (χ2v) is 6.24. The summed E-state index contributed by atoms with van der Waals surface area (Å²) < 4.78 is 26.4. The highest BCUT2D eigenvalue weighted by atomic mass is 32.2. The van der Waals surface area contributed by atoms with Crippen LogP contribution in [0.3, 0.4) is 0 Å². The predicted octanol–water partition coefficient (Wildman–Crippen LogP) is 1.58. The van der Waals surface area contributed by atoms with E-state index in [2.05, 4.69) is 5.10 Å². The Bertz CT molecular complexity index is 645. The van der Waals surface area contributed by atoms with Gasteiger partial charge in [-0.05, 0) is 24.1 Å². The Kier molecular flexibility index (Phi) is 4.01. The van der Waals surface area contributed by atoms with E-state index in [1.165, 1.54) is 6.20 Å². The smallest absolute Gasteiger partial charge is 0.209 e. The summed E-state index contributed by atoms with van der Waals surface area (Å²) in [5, 5.41) is 4.05. The summed E-state index contributed by atoms with van der Waals surface area (Å²) in [5.41, 5.74) is 6.40. The van der Waals surface area contributed by atoms with Crippen molar-refractivity contribution >= 4 is 9.84 Å². The van der Waals surface area contributed by atoms with Crippen molar-refractivity contribution in [2.75, 3.05) is 0 Å². The lowest BCUT2D eigenvalue weighted by Crippen LogP contribution is -2.02. The molecular formula is C13H17N3O2S. The van der Waals surface area contributed by atoms with Gasteiger partial charge in [0.2, 0.25) is 9.84 Å². The van der Waals surface area contributed by atoms with E-state index in [9.17, 15) is 8.42 Å². The van der Waals surface area contributed by atoms with Crippen LogP contribution in [0.15, 0.2) is 46.5 Å². The van der Waals surface area contributed by atoms with E-state index in [0.29, 0.717) is 13.1 Å². The number of rotatable bonds is 5. The van der Waals surface area contributed by atoms with E-state index >= 15 is 0 Å². The summed E-state index contributed by atoms with van der Waals surface area (Å²) in [7, 11) is -3.49. The van der Waals surface area contributed by atoms with Crippen molar-refractivity contribution in [1.82, 2.24) is 9.78 Å². The monoisotopic (exact) mass is 279 g/mol. The van der Waals surface area contributed by atoms with Gasteiger partial charge in [-0.1, -0.05) is 19.1 Å². The molecule has 2 rings (SSSR count). The molecule has 0 aliphatic carbocycles. The lowest BCUT2D eigenvalue weighted by atomic mass is 10.2. The van der Waals surface area contributed by atoms with Gasteiger partial charge in [-0.15, -0.1) is 0 Å². The minimum Gasteiger partial charge on any atom is -0.326 e. The SMILES string of the molecule is CCCn1cc(S(=O)(=O)c2ccc(CN)cc2)cn1. The number of sulfone groups is 1. The molecule has 19 heavy (non-hydrogen) atoms. The molecule has 0 aliphatic heterocycles. The molecule has 0 atom stereocenters. The molecule has 0 bridgehead atoms. The van der Waals surface area contributed by atoms with Crippen molar-refractivity contribution in [1.29, 1.82) is 0 Å². The Morgan fingerprint density at radius 2 is 1.89 bits per heavy atom. The molecule has 1 heterocycles. The Morgan fingerprint density at radius 1 is 1.21 bits per heavy atom. The highest BCUT2D eigenvalue weighted by molar-refractivity contribution is 7.91. The van der Waals surface area contributed by atoms with Crippen molar-refractivity contribution in [3.8, 4) is 0 Å². The van der Waals surface area contributed by atoms with Gasteiger partial charge >= 0.3 is 0 Å². The predicted molar refractivity (Wildman–Crippen MR) is 72.3 cm³/mol. The fourth-order valence-electron chi connectivity index (χ4n) is 1.78. The largest absolute Gasteiger partial charge is 0.326 e. The first-order chi connectivity index (χ1) is 9.07. The van der Waals surface area contributed by atoms with Crippen LogP contribution in [-0.4, -0.2) is 18.2 Å². The van der Waals surface area contributed by atoms with Gasteiger partial charge in [0, 0.05) is 19.3 Å². The molecule has 2 N–H and O–H groups in total. The third kappa shape index (κ3) is 2.85. The average molecular weight is 279 g/mol. The van der Waals surface area contributed by atoms with Gasteiger partial charge in [0.15, 0.2) is 0 Å². The first-order valence-electron chi connectivity index (χ1n) is 6.14. The highest BCUT2D eigenvalue weighted by Gasteiger charge is 2.19. The zero-order valence-electron chi connectivity index (χ0n) is 10.8. The van der Waals surface area contributed by atoms with Gasteiger partial charge < -0.3 is 5.73 Å². The average Bonchev–Trinajstić information content (AvgIpc) is 2.89. The molecule has 1 aromatic heterocycles. The molecule has 0 aliphatic rings. The molecule has 0 saturated heterocycles. The van der Waals surface area contributed by atoms with E-state index in [1.54, 1.807) is 35.1 Å². The summed E-state index contributed by atoms with van der Waals surface area (Å²) in [6.45, 7) is 3.12. The van der Waals surface area contributed by atoms with Crippen LogP contribution >= 0.6 is 0 Å². The van der Waals surface area contributed by atoms with Crippen LogP contribution in [0.4, 0.5) is 0 Å². The molecule has 102 valence electrons. The standard InChI is InChI=1S/C13H17N3O2S/c1-2-7-16-10-13(9-15-16)19(17,18)12-5-3-11(8-14)4-6-12/h3-6,9-10H,2,7-8,14H2,1H3. The highest BCUT2D eigenvalue weighted by Crippen LogP contribution is 2.20. The van der Waals surface area contributed by atoms with Crippen molar-refractivity contribution in [2.24, 2.45) is 5.73 Å². The zero-order valence-corrected chi connectivity index (χ0v) is 11.6. The van der Waals surface area contributed by atoms with Crippen LogP contribution in [-0.2, 0) is 22.9 Å². The molecular weight excluding hydrogens is 262 g/mol. The van der Waals surface area contributed by atoms with Gasteiger partial charge in [0.05, 0.1) is 11.1 Å². The first kappa shape index (κ1) is 13.8. The Labute approximate surface area is 113 Å². The zero-order chi connectivity index (χ0) is 13.9. The third-order valence-corrected chi connectivity index (χ3v) is 4.57. The van der Waals surface area contributed by atoms with Gasteiger partial charge in [-0.25, -0.2) is 8.42 Å². The maximum atomic E-state index is 12.4. The number of nitrogens with zero attached hydrogens (tertiary/aromatic N) is 2. The second kappa shape index (κ2) is 5.54. The lowest BCUT2D eigenvalue weighted by molar-refractivity contribution is 0.591. The van der Waals surface area contributed by atoms with E-state index < -0.39 is 9.84 Å². The van der Waals surface area contributed by atoms with E-state index in [-0.39, 0.29) is 9.79 Å². The van der Waals surface area contributed by atoms with Crippen LogP contribution in [0, 0.1) is 0 Å². The van der Waals surface area contributed by atoms with Crippen molar-refractivity contribution in [2.45, 2.75) is 36.2 Å². The topological polar surface area (TPSA) is 78.0 Å². The number of nitrogens with two attached hydrogens (primary N) is 1.